The lowest BCUT2D eigenvalue weighted by atomic mass is 10.2. The smallest absolute Gasteiger partial charge is 0.303 e. The second-order valence-electron chi connectivity index (χ2n) is 6.82. The fourth-order valence-corrected chi connectivity index (χ4v) is 4.37. The second-order valence-corrected chi connectivity index (χ2v) is 8.49. The van der Waals surface area contributed by atoms with Gasteiger partial charge in [0.25, 0.3) is 11.5 Å². The highest BCUT2D eigenvalue weighted by atomic mass is 32.2. The van der Waals surface area contributed by atoms with Gasteiger partial charge in [0.15, 0.2) is 0 Å². The molecule has 3 rings (SSSR count). The van der Waals surface area contributed by atoms with Crippen LogP contribution in [0.15, 0.2) is 46.8 Å². The molecule has 2 aromatic heterocycles. The van der Waals surface area contributed by atoms with Crippen molar-refractivity contribution < 1.29 is 14.7 Å². The van der Waals surface area contributed by atoms with Gasteiger partial charge < -0.3 is 10.4 Å². The lowest BCUT2D eigenvalue weighted by Crippen LogP contribution is -2.29. The molecule has 2 aromatic rings. The molecule has 0 radical (unpaired) electrons. The van der Waals surface area contributed by atoms with Crippen LogP contribution in [-0.4, -0.2) is 48.7 Å². The summed E-state index contributed by atoms with van der Waals surface area (Å²) in [5.74, 6) is -0.722. The van der Waals surface area contributed by atoms with E-state index in [2.05, 4.69) is 16.9 Å². The Morgan fingerprint density at radius 2 is 2.10 bits per heavy atom. The Hall–Kier alpha value is -2.98. The summed E-state index contributed by atoms with van der Waals surface area (Å²) in [6.45, 7) is 4.50. The molecule has 1 amide bonds. The molecule has 1 aliphatic heterocycles. The third-order valence-electron chi connectivity index (χ3n) is 4.60. The van der Waals surface area contributed by atoms with Gasteiger partial charge >= 0.3 is 5.97 Å². The number of fused-ring (bicyclic) bond motifs is 1. The van der Waals surface area contributed by atoms with Gasteiger partial charge in [0.2, 0.25) is 0 Å². The van der Waals surface area contributed by atoms with E-state index in [0.717, 1.165) is 11.8 Å². The SMILES string of the molecule is C=CCNc1nc2ccccn2c(=O)c1/C=C1\SC(=S)N(CCCCCC(=O)O)C1=O. The number of unbranched alkanes of at least 4 members (excludes halogenated alkanes) is 2. The molecule has 1 saturated heterocycles. The number of rotatable bonds is 10. The Labute approximate surface area is 188 Å². The average molecular weight is 459 g/mol. The number of aliphatic carboxylic acids is 1. The molecule has 0 aromatic carbocycles. The number of hydrogen-bond donors (Lipinski definition) is 2. The third kappa shape index (κ3) is 5.39. The molecule has 0 bridgehead atoms. The Morgan fingerprint density at radius 3 is 2.84 bits per heavy atom. The number of anilines is 1. The molecular weight excluding hydrogens is 436 g/mol. The molecule has 2 N–H and O–H groups in total. The molecule has 10 heteroatoms. The number of nitrogens with one attached hydrogen (secondary N) is 1. The maximum absolute atomic E-state index is 13.1. The summed E-state index contributed by atoms with van der Waals surface area (Å²) in [5.41, 5.74) is 0.466. The molecule has 162 valence electrons. The molecule has 1 aliphatic rings. The summed E-state index contributed by atoms with van der Waals surface area (Å²) in [5, 5.41) is 11.8. The number of amides is 1. The lowest BCUT2D eigenvalue weighted by Gasteiger charge is -2.14. The van der Waals surface area contributed by atoms with Gasteiger partial charge in [-0.15, -0.1) is 6.58 Å². The van der Waals surface area contributed by atoms with Crippen molar-refractivity contribution in [3.63, 3.8) is 0 Å². The van der Waals surface area contributed by atoms with Crippen molar-refractivity contribution in [1.29, 1.82) is 0 Å². The van der Waals surface area contributed by atoms with Gasteiger partial charge in [-0.1, -0.05) is 42.5 Å². The number of carbonyl (C=O) groups is 2. The fourth-order valence-electron chi connectivity index (χ4n) is 3.08. The van der Waals surface area contributed by atoms with E-state index in [4.69, 9.17) is 17.3 Å². The van der Waals surface area contributed by atoms with Gasteiger partial charge in [-0.3, -0.25) is 23.7 Å². The Morgan fingerprint density at radius 1 is 1.29 bits per heavy atom. The van der Waals surface area contributed by atoms with Crippen LogP contribution in [0.3, 0.4) is 0 Å². The first-order valence-electron chi connectivity index (χ1n) is 9.75. The monoisotopic (exact) mass is 458 g/mol. The molecule has 0 spiro atoms. The Bertz CT molecular complexity index is 1130. The summed E-state index contributed by atoms with van der Waals surface area (Å²) < 4.78 is 1.85. The molecule has 3 heterocycles. The molecule has 8 nitrogen and oxygen atoms in total. The molecule has 0 atom stereocenters. The quantitative estimate of drug-likeness (QED) is 0.242. The highest BCUT2D eigenvalue weighted by Crippen LogP contribution is 2.33. The summed E-state index contributed by atoms with van der Waals surface area (Å²) in [6, 6.07) is 5.26. The van der Waals surface area contributed by atoms with E-state index in [1.807, 2.05) is 0 Å². The zero-order chi connectivity index (χ0) is 22.4. The van der Waals surface area contributed by atoms with E-state index in [9.17, 15) is 14.4 Å². The van der Waals surface area contributed by atoms with Gasteiger partial charge in [-0.05, 0) is 31.1 Å². The average Bonchev–Trinajstić information content (AvgIpc) is 3.01. The van der Waals surface area contributed by atoms with Crippen LogP contribution in [0.1, 0.15) is 31.2 Å². The van der Waals surface area contributed by atoms with E-state index in [1.54, 1.807) is 30.5 Å². The largest absolute Gasteiger partial charge is 0.481 e. The lowest BCUT2D eigenvalue weighted by molar-refractivity contribution is -0.137. The first kappa shape index (κ1) is 22.7. The molecule has 31 heavy (non-hydrogen) atoms. The van der Waals surface area contributed by atoms with Crippen molar-refractivity contribution in [3.05, 3.63) is 57.9 Å². The van der Waals surface area contributed by atoms with Crippen molar-refractivity contribution in [1.82, 2.24) is 14.3 Å². The predicted molar refractivity (Wildman–Crippen MR) is 126 cm³/mol. The van der Waals surface area contributed by atoms with Crippen molar-refractivity contribution in [2.45, 2.75) is 25.7 Å². The van der Waals surface area contributed by atoms with Crippen LogP contribution in [-0.2, 0) is 9.59 Å². The number of thioether (sulfide) groups is 1. The second kappa shape index (κ2) is 10.4. The number of carbonyl (C=O) groups excluding carboxylic acids is 1. The normalized spacial score (nSPS) is 15.1. The summed E-state index contributed by atoms with van der Waals surface area (Å²) >= 11 is 6.49. The topological polar surface area (TPSA) is 104 Å². The number of nitrogens with zero attached hydrogens (tertiary/aromatic N) is 3. The van der Waals surface area contributed by atoms with E-state index in [1.165, 1.54) is 15.4 Å². The van der Waals surface area contributed by atoms with Crippen LogP contribution >= 0.6 is 24.0 Å². The number of carboxylic acid groups (broad SMARTS) is 1. The van der Waals surface area contributed by atoms with E-state index >= 15 is 0 Å². The Kier molecular flexibility index (Phi) is 7.59. The van der Waals surface area contributed by atoms with Gasteiger partial charge in [-0.2, -0.15) is 0 Å². The summed E-state index contributed by atoms with van der Waals surface area (Å²) in [4.78, 5) is 42.9. The maximum Gasteiger partial charge on any atom is 0.303 e. The van der Waals surface area contributed by atoms with Crippen molar-refractivity contribution in [2.24, 2.45) is 0 Å². The minimum absolute atomic E-state index is 0.109. The maximum atomic E-state index is 13.1. The minimum Gasteiger partial charge on any atom is -0.481 e. The van der Waals surface area contributed by atoms with Crippen molar-refractivity contribution >= 4 is 57.7 Å². The predicted octanol–water partition coefficient (Wildman–Crippen LogP) is 3.14. The number of hydrogen-bond acceptors (Lipinski definition) is 7. The summed E-state index contributed by atoms with van der Waals surface area (Å²) in [7, 11) is 0. The van der Waals surface area contributed by atoms with E-state index in [0.29, 0.717) is 53.0 Å². The minimum atomic E-state index is -0.829. The van der Waals surface area contributed by atoms with Gasteiger partial charge in [-0.25, -0.2) is 4.98 Å². The van der Waals surface area contributed by atoms with Gasteiger partial charge in [0, 0.05) is 25.7 Å². The highest BCUT2D eigenvalue weighted by Gasteiger charge is 2.32. The van der Waals surface area contributed by atoms with Crippen LogP contribution < -0.4 is 10.9 Å². The van der Waals surface area contributed by atoms with Crippen LogP contribution in [0, 0.1) is 0 Å². The third-order valence-corrected chi connectivity index (χ3v) is 5.98. The number of aromatic nitrogens is 2. The van der Waals surface area contributed by atoms with Crippen LogP contribution in [0.4, 0.5) is 5.82 Å². The van der Waals surface area contributed by atoms with Crippen molar-refractivity contribution in [2.75, 3.05) is 18.4 Å². The molecule has 0 aliphatic carbocycles. The molecule has 0 saturated carbocycles. The first-order chi connectivity index (χ1) is 14.9. The standard InChI is InChI=1S/C21H22N4O4S2/c1-2-10-22-18-14(19(28)24-11-7-5-8-16(24)23-18)13-15-20(29)25(21(30)31-15)12-6-3-4-9-17(26)27/h2,5,7-8,11,13,22H,1,3-4,6,9-10,12H2,(H,26,27)/b15-13-. The number of thiocarbonyl (C=S) groups is 1. The zero-order valence-corrected chi connectivity index (χ0v) is 18.4. The highest BCUT2D eigenvalue weighted by molar-refractivity contribution is 8.26. The van der Waals surface area contributed by atoms with Gasteiger partial charge in [0.1, 0.15) is 15.8 Å². The number of carboxylic acids is 1. The number of pyridine rings is 1. The van der Waals surface area contributed by atoms with Crippen molar-refractivity contribution in [3.8, 4) is 0 Å². The van der Waals surface area contributed by atoms with Gasteiger partial charge in [0.05, 0.1) is 10.5 Å². The fraction of sp³-hybridized carbons (Fsp3) is 0.286. The molecule has 1 fully saturated rings. The van der Waals surface area contributed by atoms with Crippen LogP contribution in [0.5, 0.6) is 0 Å². The van der Waals surface area contributed by atoms with Crippen LogP contribution in [0.25, 0.3) is 11.7 Å². The van der Waals surface area contributed by atoms with Crippen LogP contribution in [0.2, 0.25) is 0 Å². The van der Waals surface area contributed by atoms with E-state index in [-0.39, 0.29) is 23.5 Å². The zero-order valence-electron chi connectivity index (χ0n) is 16.7. The molecule has 0 unspecified atom stereocenters. The molecular formula is C21H22N4O4S2. The summed E-state index contributed by atoms with van der Waals surface area (Å²) in [6.07, 6.45) is 6.82. The van der Waals surface area contributed by atoms with E-state index < -0.39 is 5.97 Å². The Balaban J connectivity index is 1.85. The first-order valence-corrected chi connectivity index (χ1v) is 11.0.